The molecule has 3 N–H and O–H groups in total. The molecule has 1 heterocycles. The molecule has 0 bridgehead atoms. The third-order valence-electron chi connectivity index (χ3n) is 2.91. The van der Waals surface area contributed by atoms with Crippen LogP contribution in [0.15, 0.2) is 24.3 Å². The van der Waals surface area contributed by atoms with Crippen LogP contribution in [-0.2, 0) is 6.54 Å². The van der Waals surface area contributed by atoms with E-state index >= 15 is 0 Å². The van der Waals surface area contributed by atoms with E-state index in [2.05, 4.69) is 5.32 Å². The molecule has 0 saturated carbocycles. The van der Waals surface area contributed by atoms with E-state index in [1.165, 1.54) is 12.1 Å². The van der Waals surface area contributed by atoms with Crippen LogP contribution in [0, 0.1) is 22.9 Å². The molecule has 21 heavy (non-hydrogen) atoms. The van der Waals surface area contributed by atoms with Gasteiger partial charge in [0.05, 0.1) is 4.92 Å². The number of amides is 1. The van der Waals surface area contributed by atoms with Crippen LogP contribution in [-0.4, -0.2) is 10.8 Å². The normalized spacial score (nSPS) is 10.4. The summed E-state index contributed by atoms with van der Waals surface area (Å²) in [5.74, 6) is -1.25. The summed E-state index contributed by atoms with van der Waals surface area (Å²) in [5, 5.41) is 13.6. The van der Waals surface area contributed by atoms with E-state index in [0.29, 0.717) is 17.8 Å². The second-order valence-electron chi connectivity index (χ2n) is 4.35. The van der Waals surface area contributed by atoms with Crippen molar-refractivity contribution < 1.29 is 14.1 Å². The summed E-state index contributed by atoms with van der Waals surface area (Å²) in [6.45, 7) is 1.86. The smallest absolute Gasteiger partial charge is 0.324 e. The number of carbonyl (C=O) groups excluding carboxylic acids is 1. The third kappa shape index (κ3) is 3.34. The molecular weight excluding hydrogens is 297 g/mol. The van der Waals surface area contributed by atoms with Crippen molar-refractivity contribution in [3.63, 3.8) is 0 Å². The van der Waals surface area contributed by atoms with Gasteiger partial charge in [-0.1, -0.05) is 11.3 Å². The highest BCUT2D eigenvalue weighted by Gasteiger charge is 2.12. The Kier molecular flexibility index (Phi) is 4.18. The second-order valence-corrected chi connectivity index (χ2v) is 5.49. The lowest BCUT2D eigenvalue weighted by Gasteiger charge is -2.10. The van der Waals surface area contributed by atoms with Gasteiger partial charge in [-0.25, -0.2) is 4.39 Å². The van der Waals surface area contributed by atoms with Crippen molar-refractivity contribution in [2.75, 3.05) is 5.32 Å². The monoisotopic (exact) mass is 309 g/mol. The molecule has 0 aliphatic carbocycles. The number of rotatable bonds is 5. The summed E-state index contributed by atoms with van der Waals surface area (Å²) in [7, 11) is 0. The van der Waals surface area contributed by atoms with Crippen molar-refractivity contribution in [3.05, 3.63) is 56.2 Å². The molecule has 1 aromatic carbocycles. The fourth-order valence-corrected chi connectivity index (χ4v) is 2.51. The van der Waals surface area contributed by atoms with Crippen molar-refractivity contribution in [2.24, 2.45) is 5.73 Å². The van der Waals surface area contributed by atoms with Gasteiger partial charge in [-0.15, -0.1) is 0 Å². The average molecular weight is 309 g/mol. The number of nitrogens with zero attached hydrogens (tertiary/aromatic N) is 1. The molecule has 8 heteroatoms. The van der Waals surface area contributed by atoms with Crippen molar-refractivity contribution in [3.8, 4) is 0 Å². The first-order valence-corrected chi connectivity index (χ1v) is 6.77. The van der Waals surface area contributed by atoms with Crippen LogP contribution in [0.5, 0.6) is 0 Å². The van der Waals surface area contributed by atoms with Gasteiger partial charge in [0, 0.05) is 34.3 Å². The number of halogens is 1. The van der Waals surface area contributed by atoms with Gasteiger partial charge >= 0.3 is 5.00 Å². The SMILES string of the molecule is Cc1c(F)cc(C(N)=O)cc1NCc1ccc([N+](=O)[O-])s1. The summed E-state index contributed by atoms with van der Waals surface area (Å²) in [5.41, 5.74) is 5.99. The van der Waals surface area contributed by atoms with Crippen LogP contribution in [0.1, 0.15) is 20.8 Å². The predicted molar refractivity (Wildman–Crippen MR) is 78.0 cm³/mol. The number of carbonyl (C=O) groups is 1. The summed E-state index contributed by atoms with van der Waals surface area (Å²) in [6, 6.07) is 5.58. The van der Waals surface area contributed by atoms with Crippen molar-refractivity contribution >= 4 is 27.9 Å². The number of benzene rings is 1. The fraction of sp³-hybridized carbons (Fsp3) is 0.154. The molecule has 0 atom stereocenters. The van der Waals surface area contributed by atoms with Gasteiger partial charge in [0.15, 0.2) is 0 Å². The fourth-order valence-electron chi connectivity index (χ4n) is 1.75. The predicted octanol–water partition coefficient (Wildman–Crippen LogP) is 2.81. The van der Waals surface area contributed by atoms with E-state index < -0.39 is 16.6 Å². The Morgan fingerprint density at radius 3 is 2.76 bits per heavy atom. The lowest BCUT2D eigenvalue weighted by Crippen LogP contribution is -2.12. The van der Waals surface area contributed by atoms with Gasteiger partial charge in [0.25, 0.3) is 0 Å². The van der Waals surface area contributed by atoms with Crippen LogP contribution in [0.3, 0.4) is 0 Å². The number of nitrogens with one attached hydrogen (secondary N) is 1. The summed E-state index contributed by atoms with van der Waals surface area (Å²) in [4.78, 5) is 22.0. The molecule has 1 aromatic heterocycles. The Hall–Kier alpha value is -2.48. The zero-order valence-corrected chi connectivity index (χ0v) is 11.9. The van der Waals surface area contributed by atoms with Gasteiger partial charge in [-0.2, -0.15) is 0 Å². The average Bonchev–Trinajstić information content (AvgIpc) is 2.89. The molecule has 0 fully saturated rings. The van der Waals surface area contributed by atoms with Crippen molar-refractivity contribution in [2.45, 2.75) is 13.5 Å². The first-order chi connectivity index (χ1) is 9.88. The molecule has 2 rings (SSSR count). The number of hydrogen-bond acceptors (Lipinski definition) is 5. The Labute approximate surface area is 123 Å². The molecule has 1 amide bonds. The lowest BCUT2D eigenvalue weighted by atomic mass is 10.1. The van der Waals surface area contributed by atoms with E-state index in [9.17, 15) is 19.3 Å². The van der Waals surface area contributed by atoms with Crippen LogP contribution in [0.4, 0.5) is 15.1 Å². The highest BCUT2D eigenvalue weighted by Crippen LogP contribution is 2.26. The highest BCUT2D eigenvalue weighted by atomic mass is 32.1. The van der Waals surface area contributed by atoms with Crippen LogP contribution >= 0.6 is 11.3 Å². The van der Waals surface area contributed by atoms with Crippen LogP contribution in [0.2, 0.25) is 0 Å². The minimum absolute atomic E-state index is 0.0422. The number of thiophene rings is 1. The Morgan fingerprint density at radius 2 is 2.19 bits per heavy atom. The van der Waals surface area contributed by atoms with Gasteiger partial charge in [0.2, 0.25) is 5.91 Å². The van der Waals surface area contributed by atoms with Crippen molar-refractivity contribution in [1.29, 1.82) is 0 Å². The minimum Gasteiger partial charge on any atom is -0.380 e. The first kappa shape index (κ1) is 14.9. The Balaban J connectivity index is 2.18. The molecule has 2 aromatic rings. The van der Waals surface area contributed by atoms with Gasteiger partial charge in [-0.3, -0.25) is 14.9 Å². The molecule has 0 saturated heterocycles. The second kappa shape index (κ2) is 5.88. The number of hydrogen-bond donors (Lipinski definition) is 2. The molecule has 110 valence electrons. The molecule has 0 aliphatic heterocycles. The number of nitro groups is 1. The summed E-state index contributed by atoms with van der Waals surface area (Å²) in [6.07, 6.45) is 0. The molecule has 0 radical (unpaired) electrons. The standard InChI is InChI=1S/C13H12FN3O3S/c1-7-10(14)4-8(13(15)18)5-11(7)16-6-9-2-3-12(21-9)17(19)20/h2-5,16H,6H2,1H3,(H2,15,18). The van der Waals surface area contributed by atoms with E-state index in [-0.39, 0.29) is 10.6 Å². The number of primary amides is 1. The third-order valence-corrected chi connectivity index (χ3v) is 3.95. The first-order valence-electron chi connectivity index (χ1n) is 5.95. The van der Waals surface area contributed by atoms with Gasteiger partial charge < -0.3 is 11.1 Å². The molecular formula is C13H12FN3O3S. The lowest BCUT2D eigenvalue weighted by molar-refractivity contribution is -0.380. The maximum absolute atomic E-state index is 13.7. The Bertz CT molecular complexity index is 715. The zero-order valence-electron chi connectivity index (χ0n) is 11.1. The van der Waals surface area contributed by atoms with Gasteiger partial charge in [-0.05, 0) is 25.1 Å². The topological polar surface area (TPSA) is 98.3 Å². The number of nitrogens with two attached hydrogens (primary N) is 1. The molecule has 0 aliphatic rings. The van der Waals surface area contributed by atoms with E-state index in [1.54, 1.807) is 13.0 Å². The summed E-state index contributed by atoms with van der Waals surface area (Å²) < 4.78 is 13.7. The minimum atomic E-state index is -0.719. The van der Waals surface area contributed by atoms with Crippen LogP contribution < -0.4 is 11.1 Å². The van der Waals surface area contributed by atoms with Crippen LogP contribution in [0.25, 0.3) is 0 Å². The largest absolute Gasteiger partial charge is 0.380 e. The van der Waals surface area contributed by atoms with Crippen molar-refractivity contribution in [1.82, 2.24) is 0 Å². The molecule has 0 spiro atoms. The summed E-state index contributed by atoms with van der Waals surface area (Å²) >= 11 is 1.03. The van der Waals surface area contributed by atoms with E-state index in [1.807, 2.05) is 0 Å². The highest BCUT2D eigenvalue weighted by molar-refractivity contribution is 7.15. The maximum atomic E-state index is 13.7. The quantitative estimate of drug-likeness (QED) is 0.655. The molecule has 6 nitrogen and oxygen atoms in total. The van der Waals surface area contributed by atoms with E-state index in [0.717, 1.165) is 22.3 Å². The van der Waals surface area contributed by atoms with Gasteiger partial charge in [0.1, 0.15) is 5.82 Å². The Morgan fingerprint density at radius 1 is 1.48 bits per heavy atom. The number of anilines is 1. The zero-order chi connectivity index (χ0) is 15.6. The molecule has 0 unspecified atom stereocenters. The van der Waals surface area contributed by atoms with E-state index in [4.69, 9.17) is 5.73 Å². The maximum Gasteiger partial charge on any atom is 0.324 e.